The highest BCUT2D eigenvalue weighted by Gasteiger charge is 2.53. The van der Waals surface area contributed by atoms with Gasteiger partial charge in [0.2, 0.25) is 0 Å². The van der Waals surface area contributed by atoms with Crippen LogP contribution in [-0.2, 0) is 28.4 Å². The Labute approximate surface area is 138 Å². The SMILES string of the molecule is COCO[C@@H]([C@@H]1C[C@@H](C)C[C@@]2(C[C@@H](C)CO2)O1)C1(C)OCCO1. The van der Waals surface area contributed by atoms with E-state index in [4.69, 9.17) is 28.4 Å². The zero-order valence-electron chi connectivity index (χ0n) is 14.7. The summed E-state index contributed by atoms with van der Waals surface area (Å²) >= 11 is 0. The van der Waals surface area contributed by atoms with Gasteiger partial charge in [-0.3, -0.25) is 0 Å². The van der Waals surface area contributed by atoms with Gasteiger partial charge in [-0.2, -0.15) is 0 Å². The molecular weight excluding hydrogens is 300 g/mol. The Kier molecular flexibility index (Phi) is 5.30. The summed E-state index contributed by atoms with van der Waals surface area (Å²) in [5.74, 6) is -0.261. The fourth-order valence-corrected chi connectivity index (χ4v) is 4.17. The van der Waals surface area contributed by atoms with E-state index in [-0.39, 0.29) is 19.0 Å². The smallest absolute Gasteiger partial charge is 0.194 e. The fourth-order valence-electron chi connectivity index (χ4n) is 4.17. The third-order valence-electron chi connectivity index (χ3n) is 5.03. The van der Waals surface area contributed by atoms with E-state index in [1.54, 1.807) is 7.11 Å². The van der Waals surface area contributed by atoms with E-state index in [9.17, 15) is 0 Å². The second-order valence-corrected chi connectivity index (χ2v) is 7.44. The molecule has 3 heterocycles. The van der Waals surface area contributed by atoms with E-state index in [2.05, 4.69) is 13.8 Å². The third kappa shape index (κ3) is 3.72. The maximum atomic E-state index is 6.45. The number of hydrogen-bond donors (Lipinski definition) is 0. The molecule has 3 rings (SSSR count). The highest BCUT2D eigenvalue weighted by atomic mass is 16.8. The number of ether oxygens (including phenoxy) is 6. The van der Waals surface area contributed by atoms with Crippen molar-refractivity contribution >= 4 is 0 Å². The lowest BCUT2D eigenvalue weighted by molar-refractivity contribution is -0.327. The van der Waals surface area contributed by atoms with Crippen molar-refractivity contribution in [3.8, 4) is 0 Å². The average Bonchev–Trinajstić information content (AvgIpc) is 3.06. The lowest BCUT2D eigenvalue weighted by Gasteiger charge is -2.46. The van der Waals surface area contributed by atoms with E-state index in [0.717, 1.165) is 25.9 Å². The molecule has 0 aromatic heterocycles. The first kappa shape index (κ1) is 17.6. The van der Waals surface area contributed by atoms with Crippen molar-refractivity contribution in [3.05, 3.63) is 0 Å². The van der Waals surface area contributed by atoms with Crippen molar-refractivity contribution in [3.63, 3.8) is 0 Å². The third-order valence-corrected chi connectivity index (χ3v) is 5.03. The van der Waals surface area contributed by atoms with Crippen molar-refractivity contribution in [2.45, 2.75) is 63.8 Å². The summed E-state index contributed by atoms with van der Waals surface area (Å²) in [7, 11) is 1.61. The second-order valence-electron chi connectivity index (χ2n) is 7.44. The zero-order chi connectivity index (χ0) is 16.5. The average molecular weight is 330 g/mol. The van der Waals surface area contributed by atoms with E-state index in [0.29, 0.717) is 25.0 Å². The molecular formula is C17H30O6. The highest BCUT2D eigenvalue weighted by Crippen LogP contribution is 2.45. The van der Waals surface area contributed by atoms with Crippen molar-refractivity contribution in [2.75, 3.05) is 33.7 Å². The van der Waals surface area contributed by atoms with Gasteiger partial charge >= 0.3 is 0 Å². The standard InChI is InChI=1S/C17H30O6/c1-12-7-14(23-17(8-12)9-13(2)10-22-17)15(19-11-18-4)16(3)20-5-6-21-16/h12-15H,5-11H2,1-4H3/t12-,13-,14+,15+,17+/m1/s1. The van der Waals surface area contributed by atoms with Gasteiger partial charge in [0.05, 0.1) is 25.9 Å². The van der Waals surface area contributed by atoms with Crippen LogP contribution in [0.5, 0.6) is 0 Å². The lowest BCUT2D eigenvalue weighted by atomic mass is 9.85. The van der Waals surface area contributed by atoms with Crippen LogP contribution in [0.3, 0.4) is 0 Å². The Morgan fingerprint density at radius 3 is 2.39 bits per heavy atom. The van der Waals surface area contributed by atoms with Crippen molar-refractivity contribution < 1.29 is 28.4 Å². The monoisotopic (exact) mass is 330 g/mol. The number of rotatable bonds is 5. The topological polar surface area (TPSA) is 55.4 Å². The maximum Gasteiger partial charge on any atom is 0.194 e. The van der Waals surface area contributed by atoms with Gasteiger partial charge in [0.15, 0.2) is 11.6 Å². The predicted molar refractivity (Wildman–Crippen MR) is 82.8 cm³/mol. The van der Waals surface area contributed by atoms with Crippen molar-refractivity contribution in [1.82, 2.24) is 0 Å². The van der Waals surface area contributed by atoms with Crippen molar-refractivity contribution in [1.29, 1.82) is 0 Å². The molecule has 6 heteroatoms. The number of methoxy groups -OCH3 is 1. The van der Waals surface area contributed by atoms with Crippen LogP contribution >= 0.6 is 0 Å². The Hall–Kier alpha value is -0.240. The maximum absolute atomic E-state index is 6.45. The van der Waals surface area contributed by atoms with E-state index in [1.165, 1.54) is 0 Å². The van der Waals surface area contributed by atoms with Gasteiger partial charge in [-0.1, -0.05) is 13.8 Å². The molecule has 3 aliphatic rings. The van der Waals surface area contributed by atoms with Crippen LogP contribution in [-0.4, -0.2) is 57.5 Å². The minimum Gasteiger partial charge on any atom is -0.359 e. The number of hydrogen-bond acceptors (Lipinski definition) is 6. The Bertz CT molecular complexity index is 397. The zero-order valence-corrected chi connectivity index (χ0v) is 14.7. The molecule has 0 amide bonds. The van der Waals surface area contributed by atoms with E-state index in [1.807, 2.05) is 6.92 Å². The van der Waals surface area contributed by atoms with Gasteiger partial charge in [-0.25, -0.2) is 0 Å². The molecule has 6 nitrogen and oxygen atoms in total. The normalized spacial score (nSPS) is 41.5. The van der Waals surface area contributed by atoms with Gasteiger partial charge in [-0.15, -0.1) is 0 Å². The lowest BCUT2D eigenvalue weighted by Crippen LogP contribution is -2.56. The van der Waals surface area contributed by atoms with Gasteiger partial charge in [0, 0.05) is 20.0 Å². The molecule has 5 atom stereocenters. The minimum absolute atomic E-state index is 0.137. The summed E-state index contributed by atoms with van der Waals surface area (Å²) < 4.78 is 35.2. The Balaban J connectivity index is 1.77. The summed E-state index contributed by atoms with van der Waals surface area (Å²) in [6.45, 7) is 8.46. The molecule has 0 aromatic carbocycles. The van der Waals surface area contributed by atoms with Crippen LogP contribution in [0.1, 0.15) is 40.0 Å². The van der Waals surface area contributed by atoms with E-state index >= 15 is 0 Å². The fraction of sp³-hybridized carbons (Fsp3) is 1.00. The van der Waals surface area contributed by atoms with Crippen LogP contribution in [0.2, 0.25) is 0 Å². The molecule has 0 aromatic rings. The molecule has 0 radical (unpaired) electrons. The molecule has 0 unspecified atom stereocenters. The van der Waals surface area contributed by atoms with Gasteiger partial charge < -0.3 is 28.4 Å². The Morgan fingerprint density at radius 2 is 1.78 bits per heavy atom. The summed E-state index contributed by atoms with van der Waals surface area (Å²) in [5.41, 5.74) is 0. The predicted octanol–water partition coefficient (Wildman–Crippen LogP) is 2.31. The molecule has 0 saturated carbocycles. The first-order valence-corrected chi connectivity index (χ1v) is 8.66. The molecule has 1 spiro atoms. The Morgan fingerprint density at radius 1 is 1.09 bits per heavy atom. The summed E-state index contributed by atoms with van der Waals surface area (Å²) in [6, 6.07) is 0. The summed E-state index contributed by atoms with van der Waals surface area (Å²) in [4.78, 5) is 0. The molecule has 3 fully saturated rings. The first-order valence-electron chi connectivity index (χ1n) is 8.66. The van der Waals surface area contributed by atoms with Crippen LogP contribution in [0.4, 0.5) is 0 Å². The summed E-state index contributed by atoms with van der Waals surface area (Å²) in [5, 5.41) is 0. The molecule has 0 bridgehead atoms. The molecule has 23 heavy (non-hydrogen) atoms. The minimum atomic E-state index is -0.800. The summed E-state index contributed by atoms with van der Waals surface area (Å²) in [6.07, 6.45) is 2.29. The van der Waals surface area contributed by atoms with Crippen LogP contribution in [0.15, 0.2) is 0 Å². The van der Waals surface area contributed by atoms with Gasteiger partial charge in [0.1, 0.15) is 12.9 Å². The van der Waals surface area contributed by atoms with Gasteiger partial charge in [0.25, 0.3) is 0 Å². The quantitative estimate of drug-likeness (QED) is 0.721. The van der Waals surface area contributed by atoms with Crippen LogP contribution < -0.4 is 0 Å². The van der Waals surface area contributed by atoms with E-state index < -0.39 is 11.6 Å². The molecule has 0 aliphatic carbocycles. The first-order chi connectivity index (χ1) is 11.0. The van der Waals surface area contributed by atoms with Crippen molar-refractivity contribution in [2.24, 2.45) is 11.8 Å². The molecule has 3 aliphatic heterocycles. The largest absolute Gasteiger partial charge is 0.359 e. The highest BCUT2D eigenvalue weighted by molar-refractivity contribution is 4.94. The molecule has 134 valence electrons. The van der Waals surface area contributed by atoms with Crippen LogP contribution in [0, 0.1) is 11.8 Å². The molecule has 0 N–H and O–H groups in total. The second kappa shape index (κ2) is 6.94. The van der Waals surface area contributed by atoms with Crippen LogP contribution in [0.25, 0.3) is 0 Å². The van der Waals surface area contributed by atoms with Gasteiger partial charge in [-0.05, 0) is 25.2 Å². The molecule has 3 saturated heterocycles.